The second kappa shape index (κ2) is 6.17. The van der Waals surface area contributed by atoms with E-state index in [9.17, 15) is 4.79 Å². The summed E-state index contributed by atoms with van der Waals surface area (Å²) in [5, 5.41) is 2.80. The van der Waals surface area contributed by atoms with Crippen molar-refractivity contribution in [1.82, 2.24) is 9.97 Å². The predicted molar refractivity (Wildman–Crippen MR) is 112 cm³/mol. The fourth-order valence-electron chi connectivity index (χ4n) is 5.30. The number of anilines is 3. The largest absolute Gasteiger partial charge is 0.475 e. The number of aryl methyl sites for hydroxylation is 1. The minimum Gasteiger partial charge on any atom is -0.475 e. The summed E-state index contributed by atoms with van der Waals surface area (Å²) >= 11 is 0. The zero-order valence-electron chi connectivity index (χ0n) is 17.4. The van der Waals surface area contributed by atoms with E-state index >= 15 is 0 Å². The SMILES string of the molecule is CC(=O)Nc1cc2c(cn1)C1(CC1)CN2c1cc(C)cc(OCC23CC(CO2)C3)n1. The Balaban J connectivity index is 1.30. The van der Waals surface area contributed by atoms with Crippen LogP contribution in [0.3, 0.4) is 0 Å². The highest BCUT2D eigenvalue weighted by Crippen LogP contribution is 2.58. The van der Waals surface area contributed by atoms with Gasteiger partial charge in [0.05, 0.1) is 12.3 Å². The molecule has 2 saturated carbocycles. The smallest absolute Gasteiger partial charge is 0.222 e. The maximum absolute atomic E-state index is 11.5. The van der Waals surface area contributed by atoms with Crippen molar-refractivity contribution >= 4 is 23.2 Å². The highest BCUT2D eigenvalue weighted by Gasteiger charge is 2.53. The van der Waals surface area contributed by atoms with Crippen LogP contribution in [0.15, 0.2) is 24.4 Å². The average molecular weight is 406 g/mol. The Morgan fingerprint density at radius 1 is 1.33 bits per heavy atom. The number of ether oxygens (including phenoxy) is 2. The topological polar surface area (TPSA) is 76.6 Å². The highest BCUT2D eigenvalue weighted by atomic mass is 16.6. The van der Waals surface area contributed by atoms with E-state index in [1.807, 2.05) is 18.3 Å². The number of amides is 1. The molecule has 2 aliphatic carbocycles. The van der Waals surface area contributed by atoms with Gasteiger partial charge in [-0.3, -0.25) is 4.79 Å². The molecule has 0 radical (unpaired) electrons. The summed E-state index contributed by atoms with van der Waals surface area (Å²) in [6.07, 6.45) is 6.45. The number of nitrogens with zero attached hydrogens (tertiary/aromatic N) is 3. The molecule has 1 spiro atoms. The Kier molecular flexibility index (Phi) is 3.73. The average Bonchev–Trinajstić information content (AvgIpc) is 3.03. The summed E-state index contributed by atoms with van der Waals surface area (Å²) in [5.41, 5.74) is 3.52. The van der Waals surface area contributed by atoms with Gasteiger partial charge in [-0.05, 0) is 50.2 Å². The summed E-state index contributed by atoms with van der Waals surface area (Å²) in [6, 6.07) is 6.05. The van der Waals surface area contributed by atoms with Crippen LogP contribution in [0.4, 0.5) is 17.3 Å². The summed E-state index contributed by atoms with van der Waals surface area (Å²) < 4.78 is 12.0. The van der Waals surface area contributed by atoms with Crippen LogP contribution in [0.25, 0.3) is 0 Å². The molecule has 2 aromatic heterocycles. The molecule has 2 saturated heterocycles. The van der Waals surface area contributed by atoms with Crippen LogP contribution >= 0.6 is 0 Å². The molecule has 0 unspecified atom stereocenters. The van der Waals surface area contributed by atoms with Gasteiger partial charge >= 0.3 is 0 Å². The van der Waals surface area contributed by atoms with E-state index in [2.05, 4.69) is 28.2 Å². The molecular weight excluding hydrogens is 380 g/mol. The van der Waals surface area contributed by atoms with Gasteiger partial charge in [0.2, 0.25) is 11.8 Å². The van der Waals surface area contributed by atoms with Crippen molar-refractivity contribution in [3.05, 3.63) is 35.5 Å². The zero-order chi connectivity index (χ0) is 20.5. The lowest BCUT2D eigenvalue weighted by molar-refractivity contribution is -0.114. The van der Waals surface area contributed by atoms with Crippen molar-refractivity contribution in [2.75, 3.05) is 30.0 Å². The number of carbonyl (C=O) groups excluding carboxylic acids is 1. The number of rotatable bonds is 5. The van der Waals surface area contributed by atoms with Gasteiger partial charge in [0.25, 0.3) is 0 Å². The van der Waals surface area contributed by atoms with E-state index in [4.69, 9.17) is 14.5 Å². The minimum absolute atomic E-state index is 0.0898. The van der Waals surface area contributed by atoms with Crippen molar-refractivity contribution in [3.8, 4) is 5.88 Å². The lowest BCUT2D eigenvalue weighted by atomic mass is 9.75. The molecule has 30 heavy (non-hydrogen) atoms. The molecule has 7 heteroatoms. The van der Waals surface area contributed by atoms with E-state index in [1.54, 1.807) is 0 Å². The molecule has 7 nitrogen and oxygen atoms in total. The van der Waals surface area contributed by atoms with Crippen LogP contribution in [0, 0.1) is 12.8 Å². The number of carbonyl (C=O) groups is 1. The van der Waals surface area contributed by atoms with E-state index < -0.39 is 0 Å². The summed E-state index contributed by atoms with van der Waals surface area (Å²) in [4.78, 5) is 23.1. The van der Waals surface area contributed by atoms with Gasteiger partial charge in [0, 0.05) is 42.8 Å². The van der Waals surface area contributed by atoms with E-state index in [0.717, 1.165) is 61.8 Å². The molecule has 3 aliphatic heterocycles. The van der Waals surface area contributed by atoms with E-state index in [-0.39, 0.29) is 16.9 Å². The molecule has 0 atom stereocenters. The van der Waals surface area contributed by atoms with Gasteiger partial charge in [-0.2, -0.15) is 4.98 Å². The zero-order valence-corrected chi connectivity index (χ0v) is 17.4. The van der Waals surface area contributed by atoms with Crippen molar-refractivity contribution in [1.29, 1.82) is 0 Å². The standard InChI is InChI=1S/C23H26N4O3/c1-14-5-20(26-21(6-14)29-13-23-8-16(9-23)11-30-23)27-12-22(3-4-22)17-10-24-19(7-18(17)27)25-15(2)28/h5-7,10,16H,3-4,8-9,11-13H2,1-2H3,(H,24,25,28). The fraction of sp³-hybridized carbons (Fsp3) is 0.522. The van der Waals surface area contributed by atoms with Crippen LogP contribution in [-0.4, -0.2) is 41.2 Å². The van der Waals surface area contributed by atoms with Gasteiger partial charge in [-0.25, -0.2) is 4.98 Å². The predicted octanol–water partition coefficient (Wildman–Crippen LogP) is 3.48. The highest BCUT2D eigenvalue weighted by molar-refractivity contribution is 5.89. The lowest BCUT2D eigenvalue weighted by Crippen LogP contribution is -2.42. The third kappa shape index (κ3) is 2.87. The van der Waals surface area contributed by atoms with Gasteiger partial charge in [0.15, 0.2) is 0 Å². The van der Waals surface area contributed by atoms with Crippen molar-refractivity contribution < 1.29 is 14.3 Å². The van der Waals surface area contributed by atoms with Gasteiger partial charge in [0.1, 0.15) is 23.8 Å². The number of hydrogen-bond acceptors (Lipinski definition) is 6. The normalized spacial score (nSPS) is 27.0. The second-order valence-electron chi connectivity index (χ2n) is 9.53. The summed E-state index contributed by atoms with van der Waals surface area (Å²) in [5.74, 6) is 2.70. The fourth-order valence-corrected chi connectivity index (χ4v) is 5.30. The number of aromatic nitrogens is 2. The Hall–Kier alpha value is -2.67. The number of fused-ring (bicyclic) bond motifs is 3. The Morgan fingerprint density at radius 3 is 2.87 bits per heavy atom. The quantitative estimate of drug-likeness (QED) is 0.819. The molecule has 0 aromatic carbocycles. The van der Waals surface area contributed by atoms with Crippen LogP contribution in [0.5, 0.6) is 5.88 Å². The molecule has 4 fully saturated rings. The Labute approximate surface area is 175 Å². The monoisotopic (exact) mass is 406 g/mol. The van der Waals surface area contributed by atoms with E-state index in [1.165, 1.54) is 12.5 Å². The number of pyridine rings is 2. The maximum Gasteiger partial charge on any atom is 0.222 e. The first kappa shape index (κ1) is 18.1. The molecule has 156 valence electrons. The molecular formula is C23H26N4O3. The lowest BCUT2D eigenvalue weighted by Gasteiger charge is -2.35. The van der Waals surface area contributed by atoms with Crippen LogP contribution in [-0.2, 0) is 14.9 Å². The maximum atomic E-state index is 11.5. The van der Waals surface area contributed by atoms with Gasteiger partial charge < -0.3 is 19.7 Å². The summed E-state index contributed by atoms with van der Waals surface area (Å²) in [7, 11) is 0. The van der Waals surface area contributed by atoms with Crippen molar-refractivity contribution in [2.45, 2.75) is 50.5 Å². The van der Waals surface area contributed by atoms with Crippen LogP contribution in [0.1, 0.15) is 43.7 Å². The molecule has 2 aromatic rings. The van der Waals surface area contributed by atoms with Crippen LogP contribution < -0.4 is 15.0 Å². The third-order valence-electron chi connectivity index (χ3n) is 7.00. The third-order valence-corrected chi connectivity index (χ3v) is 7.00. The molecule has 7 rings (SSSR count). The first-order valence-electron chi connectivity index (χ1n) is 10.7. The molecule has 1 amide bonds. The Bertz CT molecular complexity index is 1040. The molecule has 5 heterocycles. The van der Waals surface area contributed by atoms with Crippen molar-refractivity contribution in [3.63, 3.8) is 0 Å². The van der Waals surface area contributed by atoms with Crippen LogP contribution in [0.2, 0.25) is 0 Å². The van der Waals surface area contributed by atoms with Gasteiger partial charge in [-0.1, -0.05) is 0 Å². The van der Waals surface area contributed by atoms with Gasteiger partial charge in [-0.15, -0.1) is 0 Å². The second-order valence-corrected chi connectivity index (χ2v) is 9.53. The Morgan fingerprint density at radius 2 is 2.17 bits per heavy atom. The van der Waals surface area contributed by atoms with E-state index in [0.29, 0.717) is 18.3 Å². The van der Waals surface area contributed by atoms with Crippen molar-refractivity contribution in [2.24, 2.45) is 5.92 Å². The molecule has 2 bridgehead atoms. The molecule has 5 aliphatic rings. The number of nitrogens with one attached hydrogen (secondary N) is 1. The first-order chi connectivity index (χ1) is 14.4. The minimum atomic E-state index is -0.121. The molecule has 1 N–H and O–H groups in total. The first-order valence-corrected chi connectivity index (χ1v) is 10.7. The summed E-state index contributed by atoms with van der Waals surface area (Å²) in [6.45, 7) is 5.89. The number of hydrogen-bond donors (Lipinski definition) is 1.